The highest BCUT2D eigenvalue weighted by molar-refractivity contribution is 4.82. The minimum absolute atomic E-state index is 0.0983. The van der Waals surface area contributed by atoms with Gasteiger partial charge in [0.05, 0.1) is 6.10 Å². The molecule has 3 nitrogen and oxygen atoms in total. The van der Waals surface area contributed by atoms with Crippen molar-refractivity contribution in [2.75, 3.05) is 26.2 Å². The molecule has 2 N–H and O–H groups in total. The van der Waals surface area contributed by atoms with E-state index in [2.05, 4.69) is 37.9 Å². The SMILES string of the molecule is CC(C)NCC(C)(C)CN1CCC(O)C1. The highest BCUT2D eigenvalue weighted by Crippen LogP contribution is 2.19. The van der Waals surface area contributed by atoms with Gasteiger partial charge in [-0.1, -0.05) is 27.7 Å². The molecular weight excluding hydrogens is 188 g/mol. The van der Waals surface area contributed by atoms with Crippen LogP contribution in [0.2, 0.25) is 0 Å². The summed E-state index contributed by atoms with van der Waals surface area (Å²) in [6.45, 7) is 12.9. The summed E-state index contributed by atoms with van der Waals surface area (Å²) < 4.78 is 0. The predicted octanol–water partition coefficient (Wildman–Crippen LogP) is 1.08. The molecule has 0 spiro atoms. The van der Waals surface area contributed by atoms with Crippen LogP contribution < -0.4 is 5.32 Å². The van der Waals surface area contributed by atoms with Crippen LogP contribution in [0.25, 0.3) is 0 Å². The van der Waals surface area contributed by atoms with Gasteiger partial charge in [0.2, 0.25) is 0 Å². The van der Waals surface area contributed by atoms with Gasteiger partial charge in [-0.05, 0) is 11.8 Å². The normalized spacial score (nSPS) is 24.0. The molecule has 1 fully saturated rings. The molecule has 1 aliphatic heterocycles. The lowest BCUT2D eigenvalue weighted by Crippen LogP contribution is -2.41. The van der Waals surface area contributed by atoms with Gasteiger partial charge in [-0.2, -0.15) is 0 Å². The van der Waals surface area contributed by atoms with Gasteiger partial charge in [-0.3, -0.25) is 0 Å². The third-order valence-corrected chi connectivity index (χ3v) is 2.89. The van der Waals surface area contributed by atoms with Crippen LogP contribution in [0.1, 0.15) is 34.1 Å². The fraction of sp³-hybridized carbons (Fsp3) is 1.00. The smallest absolute Gasteiger partial charge is 0.0679 e. The largest absolute Gasteiger partial charge is 0.392 e. The van der Waals surface area contributed by atoms with Crippen molar-refractivity contribution in [2.45, 2.75) is 46.3 Å². The van der Waals surface area contributed by atoms with Crippen LogP contribution >= 0.6 is 0 Å². The second-order valence-electron chi connectivity index (χ2n) is 5.88. The Hall–Kier alpha value is -0.120. The van der Waals surface area contributed by atoms with E-state index in [-0.39, 0.29) is 11.5 Å². The van der Waals surface area contributed by atoms with E-state index in [4.69, 9.17) is 0 Å². The zero-order chi connectivity index (χ0) is 11.5. The molecule has 15 heavy (non-hydrogen) atoms. The Labute approximate surface area is 93.9 Å². The molecule has 0 aromatic heterocycles. The Morgan fingerprint density at radius 2 is 2.13 bits per heavy atom. The van der Waals surface area contributed by atoms with E-state index in [1.54, 1.807) is 0 Å². The topological polar surface area (TPSA) is 35.5 Å². The van der Waals surface area contributed by atoms with Crippen LogP contribution in [0.5, 0.6) is 0 Å². The van der Waals surface area contributed by atoms with Crippen LogP contribution in [0.4, 0.5) is 0 Å². The average molecular weight is 214 g/mol. The molecular formula is C12H26N2O. The van der Waals surface area contributed by atoms with E-state index in [1.807, 2.05) is 0 Å². The highest BCUT2D eigenvalue weighted by atomic mass is 16.3. The van der Waals surface area contributed by atoms with E-state index < -0.39 is 0 Å². The first kappa shape index (κ1) is 12.9. The van der Waals surface area contributed by atoms with Crippen LogP contribution in [-0.4, -0.2) is 48.3 Å². The van der Waals surface area contributed by atoms with E-state index in [0.29, 0.717) is 6.04 Å². The number of hydrogen-bond acceptors (Lipinski definition) is 3. The van der Waals surface area contributed by atoms with Gasteiger partial charge < -0.3 is 15.3 Å². The van der Waals surface area contributed by atoms with Crippen LogP contribution in [-0.2, 0) is 0 Å². The lowest BCUT2D eigenvalue weighted by atomic mass is 9.92. The second-order valence-corrected chi connectivity index (χ2v) is 5.88. The number of nitrogens with zero attached hydrogens (tertiary/aromatic N) is 1. The number of likely N-dealkylation sites (tertiary alicyclic amines) is 1. The molecule has 1 heterocycles. The zero-order valence-electron chi connectivity index (χ0n) is 10.6. The Morgan fingerprint density at radius 3 is 2.60 bits per heavy atom. The molecule has 3 heteroatoms. The van der Waals surface area contributed by atoms with E-state index in [0.717, 1.165) is 32.6 Å². The number of hydrogen-bond donors (Lipinski definition) is 2. The van der Waals surface area contributed by atoms with Crippen molar-refractivity contribution < 1.29 is 5.11 Å². The number of rotatable bonds is 5. The Kier molecular flexibility index (Phi) is 4.56. The molecule has 0 bridgehead atoms. The van der Waals surface area contributed by atoms with Gasteiger partial charge in [0.15, 0.2) is 0 Å². The number of aliphatic hydroxyl groups excluding tert-OH is 1. The van der Waals surface area contributed by atoms with E-state index in [9.17, 15) is 5.11 Å². The van der Waals surface area contributed by atoms with Gasteiger partial charge in [0.1, 0.15) is 0 Å². The number of β-amino-alcohol motifs (C(OH)–C–C–N with tert-alkyl or cyclic N) is 1. The molecule has 1 unspecified atom stereocenters. The monoisotopic (exact) mass is 214 g/mol. The molecule has 0 amide bonds. The average Bonchev–Trinajstić information content (AvgIpc) is 2.47. The van der Waals surface area contributed by atoms with Crippen LogP contribution in [0, 0.1) is 5.41 Å². The summed E-state index contributed by atoms with van der Waals surface area (Å²) >= 11 is 0. The summed E-state index contributed by atoms with van der Waals surface area (Å²) in [4.78, 5) is 2.37. The van der Waals surface area contributed by atoms with Gasteiger partial charge in [-0.25, -0.2) is 0 Å². The Balaban J connectivity index is 2.28. The summed E-state index contributed by atoms with van der Waals surface area (Å²) in [5, 5.41) is 12.9. The van der Waals surface area contributed by atoms with E-state index >= 15 is 0 Å². The first-order valence-electron chi connectivity index (χ1n) is 6.03. The summed E-state index contributed by atoms with van der Waals surface area (Å²) in [6.07, 6.45) is 0.840. The highest BCUT2D eigenvalue weighted by Gasteiger charge is 2.26. The zero-order valence-corrected chi connectivity index (χ0v) is 10.6. The fourth-order valence-electron chi connectivity index (χ4n) is 2.10. The lowest BCUT2D eigenvalue weighted by molar-refractivity contribution is 0.152. The number of nitrogens with one attached hydrogen (secondary N) is 1. The fourth-order valence-corrected chi connectivity index (χ4v) is 2.10. The maximum atomic E-state index is 9.46. The van der Waals surface area contributed by atoms with Crippen LogP contribution in [0.15, 0.2) is 0 Å². The number of aliphatic hydroxyl groups is 1. The molecule has 1 atom stereocenters. The van der Waals surface area contributed by atoms with Gasteiger partial charge in [-0.15, -0.1) is 0 Å². The summed E-state index contributed by atoms with van der Waals surface area (Å²) in [5.74, 6) is 0. The lowest BCUT2D eigenvalue weighted by Gasteiger charge is -2.31. The first-order valence-corrected chi connectivity index (χ1v) is 6.03. The molecule has 0 aromatic rings. The van der Waals surface area contributed by atoms with E-state index in [1.165, 1.54) is 0 Å². The van der Waals surface area contributed by atoms with Gasteiger partial charge >= 0.3 is 0 Å². The van der Waals surface area contributed by atoms with Crippen molar-refractivity contribution >= 4 is 0 Å². The van der Waals surface area contributed by atoms with Gasteiger partial charge in [0, 0.05) is 32.2 Å². The maximum absolute atomic E-state index is 9.46. The molecule has 1 aliphatic rings. The van der Waals surface area contributed by atoms with Crippen molar-refractivity contribution in [3.8, 4) is 0 Å². The first-order chi connectivity index (χ1) is 6.89. The minimum Gasteiger partial charge on any atom is -0.392 e. The van der Waals surface area contributed by atoms with Crippen molar-refractivity contribution in [1.82, 2.24) is 10.2 Å². The maximum Gasteiger partial charge on any atom is 0.0679 e. The van der Waals surface area contributed by atoms with Crippen LogP contribution in [0.3, 0.4) is 0 Å². The predicted molar refractivity (Wildman–Crippen MR) is 64.0 cm³/mol. The molecule has 0 aliphatic carbocycles. The van der Waals surface area contributed by atoms with Crippen molar-refractivity contribution in [3.63, 3.8) is 0 Å². The Morgan fingerprint density at radius 1 is 1.47 bits per heavy atom. The standard InChI is InChI=1S/C12H26N2O/c1-10(2)13-8-12(3,4)9-14-6-5-11(15)7-14/h10-11,13,15H,5-9H2,1-4H3. The second kappa shape index (κ2) is 5.28. The molecule has 1 rings (SSSR count). The summed E-state index contributed by atoms with van der Waals surface area (Å²) in [6, 6.07) is 0.549. The van der Waals surface area contributed by atoms with Crippen molar-refractivity contribution in [3.05, 3.63) is 0 Å². The molecule has 1 saturated heterocycles. The molecule has 90 valence electrons. The van der Waals surface area contributed by atoms with Gasteiger partial charge in [0.25, 0.3) is 0 Å². The van der Waals surface area contributed by atoms with Crippen molar-refractivity contribution in [2.24, 2.45) is 5.41 Å². The summed E-state index contributed by atoms with van der Waals surface area (Å²) in [5.41, 5.74) is 0.286. The Bertz CT molecular complexity index is 192. The third-order valence-electron chi connectivity index (χ3n) is 2.89. The van der Waals surface area contributed by atoms with Crippen molar-refractivity contribution in [1.29, 1.82) is 0 Å². The quantitative estimate of drug-likeness (QED) is 0.719. The molecule has 0 radical (unpaired) electrons. The minimum atomic E-state index is -0.0983. The molecule has 0 aromatic carbocycles. The summed E-state index contributed by atoms with van der Waals surface area (Å²) in [7, 11) is 0. The molecule has 0 saturated carbocycles. The third kappa shape index (κ3) is 4.96.